The van der Waals surface area contributed by atoms with E-state index in [-0.39, 0.29) is 17.1 Å². The Labute approximate surface area is 216 Å². The van der Waals surface area contributed by atoms with Gasteiger partial charge in [0.2, 0.25) is 5.91 Å². The van der Waals surface area contributed by atoms with Crippen molar-refractivity contribution >= 4 is 28.4 Å². The van der Waals surface area contributed by atoms with Crippen LogP contribution < -0.4 is 21.5 Å². The van der Waals surface area contributed by atoms with E-state index in [2.05, 4.69) is 25.1 Å². The van der Waals surface area contributed by atoms with E-state index >= 15 is 0 Å². The first-order valence-electron chi connectivity index (χ1n) is 12.2. The molecule has 0 aliphatic carbocycles. The summed E-state index contributed by atoms with van der Waals surface area (Å²) >= 11 is 0. The van der Waals surface area contributed by atoms with Gasteiger partial charge in [-0.15, -0.1) is 0 Å². The molecule has 12 heteroatoms. The van der Waals surface area contributed by atoms with Crippen molar-refractivity contribution in [2.45, 2.75) is 19.5 Å². The highest BCUT2D eigenvalue weighted by Gasteiger charge is 2.21. The molecule has 0 bridgehead atoms. The van der Waals surface area contributed by atoms with Gasteiger partial charge in [0.25, 0.3) is 5.56 Å². The Morgan fingerprint density at radius 1 is 1.05 bits per heavy atom. The van der Waals surface area contributed by atoms with E-state index in [1.807, 2.05) is 24.3 Å². The summed E-state index contributed by atoms with van der Waals surface area (Å²) in [5.41, 5.74) is 1.38. The second-order valence-electron chi connectivity index (χ2n) is 9.40. The first kappa shape index (κ1) is 25.3. The molecule has 1 atom stereocenters. The molecule has 2 N–H and O–H groups in total. The maximum Gasteiger partial charge on any atom is 0.329 e. The van der Waals surface area contributed by atoms with Gasteiger partial charge in [-0.1, -0.05) is 0 Å². The summed E-state index contributed by atoms with van der Waals surface area (Å²) in [7, 11) is 1.36. The molecule has 1 amide bonds. The van der Waals surface area contributed by atoms with Gasteiger partial charge in [-0.2, -0.15) is 0 Å². The molecule has 3 heterocycles. The van der Waals surface area contributed by atoms with Crippen molar-refractivity contribution in [2.75, 3.05) is 36.4 Å². The van der Waals surface area contributed by atoms with Crippen LogP contribution in [-0.2, 0) is 18.4 Å². The minimum atomic E-state index is -0.752. The number of hydrogen-bond donors (Lipinski definition) is 2. The lowest BCUT2D eigenvalue weighted by Crippen LogP contribution is -2.46. The Kier molecular flexibility index (Phi) is 6.81. The van der Waals surface area contributed by atoms with Crippen molar-refractivity contribution in [1.82, 2.24) is 24.0 Å². The first-order chi connectivity index (χ1) is 18.2. The van der Waals surface area contributed by atoms with Crippen LogP contribution in [0.1, 0.15) is 18.5 Å². The predicted octanol–water partition coefficient (Wildman–Crippen LogP) is 2.22. The zero-order valence-corrected chi connectivity index (χ0v) is 20.9. The fourth-order valence-corrected chi connectivity index (χ4v) is 4.65. The Bertz CT molecular complexity index is 1580. The van der Waals surface area contributed by atoms with E-state index < -0.39 is 28.9 Å². The van der Waals surface area contributed by atoms with Crippen molar-refractivity contribution in [3.63, 3.8) is 0 Å². The van der Waals surface area contributed by atoms with Crippen LogP contribution >= 0.6 is 0 Å². The van der Waals surface area contributed by atoms with Gasteiger partial charge in [-0.25, -0.2) is 18.6 Å². The minimum Gasteiger partial charge on any atom is -0.369 e. The average Bonchev–Trinajstić information content (AvgIpc) is 3.31. The highest BCUT2D eigenvalue weighted by Crippen LogP contribution is 2.22. The summed E-state index contributed by atoms with van der Waals surface area (Å²) in [5.74, 6) is -1.48. The summed E-state index contributed by atoms with van der Waals surface area (Å²) in [6.07, 6.45) is 1.36. The van der Waals surface area contributed by atoms with E-state index in [4.69, 9.17) is 0 Å². The second kappa shape index (κ2) is 10.2. The van der Waals surface area contributed by atoms with E-state index in [1.165, 1.54) is 30.1 Å². The highest BCUT2D eigenvalue weighted by atomic mass is 19.1. The number of nitrogens with zero attached hydrogens (tertiary/aromatic N) is 5. The molecule has 2 aromatic heterocycles. The zero-order valence-electron chi connectivity index (χ0n) is 20.9. The van der Waals surface area contributed by atoms with Gasteiger partial charge in [0.05, 0.1) is 6.33 Å². The number of amides is 1. The van der Waals surface area contributed by atoms with Crippen molar-refractivity contribution < 1.29 is 13.6 Å². The number of fused-ring (bicyclic) bond motifs is 1. The number of hydrogen-bond acceptors (Lipinski definition) is 6. The number of benzene rings is 2. The van der Waals surface area contributed by atoms with Crippen LogP contribution in [0, 0.1) is 11.6 Å². The molecular weight excluding hydrogens is 496 g/mol. The van der Waals surface area contributed by atoms with Gasteiger partial charge in [0.15, 0.2) is 11.2 Å². The zero-order chi connectivity index (χ0) is 27.0. The molecule has 38 heavy (non-hydrogen) atoms. The molecule has 0 spiro atoms. The molecule has 1 aliphatic rings. The topological polar surface area (TPSA) is 108 Å². The van der Waals surface area contributed by atoms with Gasteiger partial charge in [0.1, 0.15) is 17.7 Å². The van der Waals surface area contributed by atoms with Crippen LogP contribution in [0.5, 0.6) is 0 Å². The molecule has 1 fully saturated rings. The standard InChI is InChI=1S/C26H27F2N7O3/c1-16(35-15-29-23-22(35)25(37)32(2)26(38)31-23)24(36)30-20-3-5-21(6-4-20)34-9-7-33(8-10-34)14-17-11-18(27)13-19(28)12-17/h3-6,11-13,15-16H,7-10,14H2,1-2H3,(H,30,36)(H,31,38). The fourth-order valence-electron chi connectivity index (χ4n) is 4.65. The number of halogens is 2. The molecular formula is C26H27F2N7O3. The fraction of sp³-hybridized carbons (Fsp3) is 0.308. The van der Waals surface area contributed by atoms with Gasteiger partial charge in [-0.3, -0.25) is 24.0 Å². The van der Waals surface area contributed by atoms with Crippen LogP contribution in [0.15, 0.2) is 58.4 Å². The summed E-state index contributed by atoms with van der Waals surface area (Å²) in [6.45, 7) is 5.14. The Morgan fingerprint density at radius 3 is 2.37 bits per heavy atom. The number of aromatic amines is 1. The van der Waals surface area contributed by atoms with Gasteiger partial charge in [0, 0.05) is 57.2 Å². The number of carbonyl (C=O) groups is 1. The summed E-state index contributed by atoms with van der Waals surface area (Å²) in [5, 5.41) is 2.86. The molecule has 1 unspecified atom stereocenters. The molecule has 10 nitrogen and oxygen atoms in total. The largest absolute Gasteiger partial charge is 0.369 e. The smallest absolute Gasteiger partial charge is 0.329 e. The predicted molar refractivity (Wildman–Crippen MR) is 139 cm³/mol. The van der Waals surface area contributed by atoms with Crippen LogP contribution in [0.2, 0.25) is 0 Å². The first-order valence-corrected chi connectivity index (χ1v) is 12.2. The molecule has 1 aliphatic heterocycles. The molecule has 0 radical (unpaired) electrons. The lowest BCUT2D eigenvalue weighted by molar-refractivity contribution is -0.118. The van der Waals surface area contributed by atoms with Crippen LogP contribution in [0.4, 0.5) is 20.2 Å². The van der Waals surface area contributed by atoms with Crippen LogP contribution in [0.3, 0.4) is 0 Å². The number of carbonyl (C=O) groups excluding carboxylic acids is 1. The third-order valence-corrected chi connectivity index (χ3v) is 6.83. The lowest BCUT2D eigenvalue weighted by Gasteiger charge is -2.36. The van der Waals surface area contributed by atoms with Crippen molar-refractivity contribution in [3.05, 3.63) is 86.8 Å². The summed E-state index contributed by atoms with van der Waals surface area (Å²) < 4.78 is 29.3. The van der Waals surface area contributed by atoms with E-state index in [0.29, 0.717) is 17.8 Å². The van der Waals surface area contributed by atoms with E-state index in [1.54, 1.807) is 6.92 Å². The monoisotopic (exact) mass is 523 g/mol. The van der Waals surface area contributed by atoms with E-state index in [0.717, 1.165) is 42.5 Å². The number of nitrogens with one attached hydrogen (secondary N) is 2. The summed E-state index contributed by atoms with van der Waals surface area (Å²) in [4.78, 5) is 48.3. The molecule has 2 aromatic carbocycles. The SMILES string of the molecule is CC(C(=O)Nc1ccc(N2CCN(Cc3cc(F)cc(F)c3)CC2)cc1)n1cnc2[nH]c(=O)n(C)c(=O)c21. The maximum absolute atomic E-state index is 13.5. The third-order valence-electron chi connectivity index (χ3n) is 6.83. The normalized spacial score (nSPS) is 15.1. The molecule has 4 aromatic rings. The number of imidazole rings is 1. The summed E-state index contributed by atoms with van der Waals surface area (Å²) in [6, 6.07) is 10.3. The number of rotatable bonds is 6. The van der Waals surface area contributed by atoms with Crippen molar-refractivity contribution in [1.29, 1.82) is 0 Å². The third kappa shape index (κ3) is 5.07. The Balaban J connectivity index is 1.20. The lowest BCUT2D eigenvalue weighted by atomic mass is 10.1. The van der Waals surface area contributed by atoms with Crippen LogP contribution in [-0.4, -0.2) is 56.1 Å². The van der Waals surface area contributed by atoms with Gasteiger partial charge in [-0.05, 0) is 48.9 Å². The quantitative estimate of drug-likeness (QED) is 0.401. The second-order valence-corrected chi connectivity index (χ2v) is 9.40. The number of aromatic nitrogens is 4. The number of anilines is 2. The average molecular weight is 524 g/mol. The molecule has 1 saturated heterocycles. The Hall–Kier alpha value is -4.32. The molecule has 198 valence electrons. The van der Waals surface area contributed by atoms with Gasteiger partial charge < -0.3 is 14.8 Å². The van der Waals surface area contributed by atoms with Crippen molar-refractivity contribution in [3.8, 4) is 0 Å². The van der Waals surface area contributed by atoms with E-state index in [9.17, 15) is 23.2 Å². The van der Waals surface area contributed by atoms with Gasteiger partial charge >= 0.3 is 5.69 Å². The van der Waals surface area contributed by atoms with Crippen molar-refractivity contribution in [2.24, 2.45) is 7.05 Å². The number of piperazine rings is 1. The highest BCUT2D eigenvalue weighted by molar-refractivity contribution is 5.94. The molecule has 0 saturated carbocycles. The van der Waals surface area contributed by atoms with Crippen LogP contribution in [0.25, 0.3) is 11.2 Å². The molecule has 5 rings (SSSR count). The number of H-pyrrole nitrogens is 1. The minimum absolute atomic E-state index is 0.130. The maximum atomic E-state index is 13.5. The Morgan fingerprint density at radius 2 is 1.71 bits per heavy atom.